The van der Waals surface area contributed by atoms with Gasteiger partial charge >= 0.3 is 0 Å². The number of carbonyl (C=O) groups excluding carboxylic acids is 1. The van der Waals surface area contributed by atoms with E-state index >= 15 is 0 Å². The summed E-state index contributed by atoms with van der Waals surface area (Å²) in [5.41, 5.74) is 0.789. The van der Waals surface area contributed by atoms with E-state index in [4.69, 9.17) is 27.7 Å². The number of pyridine rings is 1. The van der Waals surface area contributed by atoms with Crippen molar-refractivity contribution in [1.29, 1.82) is 0 Å². The predicted octanol–water partition coefficient (Wildman–Crippen LogP) is 3.75. The highest BCUT2D eigenvalue weighted by atomic mass is 35.5. The summed E-state index contributed by atoms with van der Waals surface area (Å²) in [5, 5.41) is 6.76. The summed E-state index contributed by atoms with van der Waals surface area (Å²) in [6.45, 7) is 3.94. The van der Waals surface area contributed by atoms with E-state index in [-0.39, 0.29) is 27.7 Å². The molecule has 0 bridgehead atoms. The van der Waals surface area contributed by atoms with Gasteiger partial charge in [0.15, 0.2) is 0 Å². The molecular formula is C12H11Cl2N3O2. The molecule has 0 atom stereocenters. The molecule has 0 saturated carbocycles. The van der Waals surface area contributed by atoms with Gasteiger partial charge in [-0.25, -0.2) is 4.98 Å². The van der Waals surface area contributed by atoms with E-state index in [9.17, 15) is 4.79 Å². The van der Waals surface area contributed by atoms with Crippen molar-refractivity contribution in [3.8, 4) is 0 Å². The molecule has 100 valence electrons. The van der Waals surface area contributed by atoms with Crippen LogP contribution in [0, 0.1) is 0 Å². The van der Waals surface area contributed by atoms with Gasteiger partial charge in [0.05, 0.1) is 10.7 Å². The minimum Gasteiger partial charge on any atom is -0.338 e. The highest BCUT2D eigenvalue weighted by molar-refractivity contribution is 6.35. The SMILES string of the molecule is CC(C)c1cc(NC(=O)c2nc(Cl)ccc2Cl)on1. The van der Waals surface area contributed by atoms with Gasteiger partial charge in [0.25, 0.3) is 5.91 Å². The van der Waals surface area contributed by atoms with Crippen LogP contribution in [0.3, 0.4) is 0 Å². The van der Waals surface area contributed by atoms with Gasteiger partial charge in [0.2, 0.25) is 5.88 Å². The number of nitrogens with zero attached hydrogens (tertiary/aromatic N) is 2. The van der Waals surface area contributed by atoms with Gasteiger partial charge in [0.1, 0.15) is 10.8 Å². The maximum atomic E-state index is 12.0. The van der Waals surface area contributed by atoms with Gasteiger partial charge in [-0.3, -0.25) is 10.1 Å². The average molecular weight is 300 g/mol. The molecule has 0 saturated heterocycles. The number of nitrogens with one attached hydrogen (secondary N) is 1. The molecule has 0 aliphatic carbocycles. The summed E-state index contributed by atoms with van der Waals surface area (Å²) >= 11 is 11.6. The van der Waals surface area contributed by atoms with Gasteiger partial charge < -0.3 is 4.52 Å². The van der Waals surface area contributed by atoms with Crippen LogP contribution in [0.1, 0.15) is 35.9 Å². The van der Waals surface area contributed by atoms with Crippen LogP contribution in [0.5, 0.6) is 0 Å². The van der Waals surface area contributed by atoms with Crippen molar-refractivity contribution in [3.05, 3.63) is 39.8 Å². The van der Waals surface area contributed by atoms with Gasteiger partial charge in [-0.2, -0.15) is 0 Å². The Kier molecular flexibility index (Phi) is 4.07. The van der Waals surface area contributed by atoms with Crippen molar-refractivity contribution in [2.24, 2.45) is 0 Å². The first-order chi connectivity index (χ1) is 8.97. The molecule has 2 rings (SSSR count). The van der Waals surface area contributed by atoms with E-state index in [0.29, 0.717) is 0 Å². The topological polar surface area (TPSA) is 68.0 Å². The molecule has 0 unspecified atom stereocenters. The molecule has 19 heavy (non-hydrogen) atoms. The number of rotatable bonds is 3. The lowest BCUT2D eigenvalue weighted by atomic mass is 10.1. The highest BCUT2D eigenvalue weighted by Gasteiger charge is 2.16. The monoisotopic (exact) mass is 299 g/mol. The zero-order valence-corrected chi connectivity index (χ0v) is 11.8. The summed E-state index contributed by atoms with van der Waals surface area (Å²) in [7, 11) is 0. The first-order valence-corrected chi connectivity index (χ1v) is 6.33. The second-order valence-corrected chi connectivity index (χ2v) is 4.98. The van der Waals surface area contributed by atoms with Gasteiger partial charge in [0, 0.05) is 6.07 Å². The summed E-state index contributed by atoms with van der Waals surface area (Å²) < 4.78 is 5.00. The molecular weight excluding hydrogens is 289 g/mol. The Labute approximate surface area is 119 Å². The number of carbonyl (C=O) groups is 1. The Hall–Kier alpha value is -1.59. The minimum atomic E-state index is -0.501. The van der Waals surface area contributed by atoms with Crippen molar-refractivity contribution in [2.75, 3.05) is 5.32 Å². The molecule has 2 aromatic rings. The normalized spacial score (nSPS) is 10.8. The van der Waals surface area contributed by atoms with E-state index < -0.39 is 5.91 Å². The van der Waals surface area contributed by atoms with Crippen molar-refractivity contribution >= 4 is 35.0 Å². The Balaban J connectivity index is 2.18. The lowest BCUT2D eigenvalue weighted by Crippen LogP contribution is -2.14. The smallest absolute Gasteiger partial charge is 0.278 e. The van der Waals surface area contributed by atoms with Crippen LogP contribution in [0.25, 0.3) is 0 Å². The predicted molar refractivity (Wildman–Crippen MR) is 72.8 cm³/mol. The van der Waals surface area contributed by atoms with Crippen LogP contribution in [0.4, 0.5) is 5.88 Å². The van der Waals surface area contributed by atoms with Crippen LogP contribution in [0.2, 0.25) is 10.2 Å². The number of hydrogen-bond acceptors (Lipinski definition) is 4. The number of halogens is 2. The molecule has 1 N–H and O–H groups in total. The summed E-state index contributed by atoms with van der Waals surface area (Å²) in [6, 6.07) is 4.67. The number of hydrogen-bond donors (Lipinski definition) is 1. The maximum Gasteiger partial charge on any atom is 0.278 e. The average Bonchev–Trinajstić information content (AvgIpc) is 2.80. The molecule has 0 aromatic carbocycles. The van der Waals surface area contributed by atoms with E-state index in [0.717, 1.165) is 5.69 Å². The van der Waals surface area contributed by atoms with Gasteiger partial charge in [-0.05, 0) is 18.1 Å². The Morgan fingerprint density at radius 2 is 2.11 bits per heavy atom. The fraction of sp³-hybridized carbons (Fsp3) is 0.250. The third-order valence-corrected chi connectivity index (χ3v) is 2.90. The molecule has 0 aliphatic rings. The minimum absolute atomic E-state index is 0.0386. The van der Waals surface area contributed by atoms with E-state index in [2.05, 4.69) is 15.5 Å². The third kappa shape index (κ3) is 3.24. The van der Waals surface area contributed by atoms with Crippen LogP contribution in [-0.2, 0) is 0 Å². The van der Waals surface area contributed by atoms with Gasteiger partial charge in [-0.15, -0.1) is 0 Å². The van der Waals surface area contributed by atoms with E-state index in [1.54, 1.807) is 6.07 Å². The maximum absolute atomic E-state index is 12.0. The zero-order valence-electron chi connectivity index (χ0n) is 10.3. The summed E-state index contributed by atoms with van der Waals surface area (Å²) in [5.74, 6) is -0.0483. The largest absolute Gasteiger partial charge is 0.338 e. The molecule has 1 amide bonds. The fourth-order valence-electron chi connectivity index (χ4n) is 1.37. The highest BCUT2D eigenvalue weighted by Crippen LogP contribution is 2.20. The second kappa shape index (κ2) is 5.59. The summed E-state index contributed by atoms with van der Waals surface area (Å²) in [4.78, 5) is 15.8. The molecule has 7 heteroatoms. The molecule has 0 spiro atoms. The number of aromatic nitrogens is 2. The Morgan fingerprint density at radius 1 is 1.37 bits per heavy atom. The summed E-state index contributed by atoms with van der Waals surface area (Å²) in [6.07, 6.45) is 0. The van der Waals surface area contributed by atoms with Crippen LogP contribution in [-0.4, -0.2) is 16.0 Å². The van der Waals surface area contributed by atoms with Crippen molar-refractivity contribution in [3.63, 3.8) is 0 Å². The fourth-order valence-corrected chi connectivity index (χ4v) is 1.71. The van der Waals surface area contributed by atoms with E-state index in [1.165, 1.54) is 12.1 Å². The van der Waals surface area contributed by atoms with Crippen LogP contribution < -0.4 is 5.32 Å². The number of anilines is 1. The Morgan fingerprint density at radius 3 is 2.74 bits per heavy atom. The number of amides is 1. The molecule has 5 nitrogen and oxygen atoms in total. The van der Waals surface area contributed by atoms with Crippen LogP contribution in [0.15, 0.2) is 22.7 Å². The molecule has 0 radical (unpaired) electrons. The van der Waals surface area contributed by atoms with Gasteiger partial charge in [-0.1, -0.05) is 42.2 Å². The first kappa shape index (κ1) is 13.8. The molecule has 0 fully saturated rings. The zero-order chi connectivity index (χ0) is 14.0. The second-order valence-electron chi connectivity index (χ2n) is 4.19. The van der Waals surface area contributed by atoms with E-state index in [1.807, 2.05) is 13.8 Å². The molecule has 2 aromatic heterocycles. The quantitative estimate of drug-likeness (QED) is 0.876. The third-order valence-electron chi connectivity index (χ3n) is 2.38. The molecule has 2 heterocycles. The standard InChI is InChI=1S/C12H11Cl2N3O2/c1-6(2)8-5-10(19-17-8)16-12(18)11-7(13)3-4-9(14)15-11/h3-6H,1-2H3,(H,16,18). The van der Waals surface area contributed by atoms with Crippen LogP contribution >= 0.6 is 23.2 Å². The lowest BCUT2D eigenvalue weighted by Gasteiger charge is -2.02. The van der Waals surface area contributed by atoms with Crippen molar-refractivity contribution in [2.45, 2.75) is 19.8 Å². The van der Waals surface area contributed by atoms with Crippen molar-refractivity contribution < 1.29 is 9.32 Å². The lowest BCUT2D eigenvalue weighted by molar-refractivity contribution is 0.101. The molecule has 0 aliphatic heterocycles. The first-order valence-electron chi connectivity index (χ1n) is 5.57. The Bertz CT molecular complexity index is 611. The van der Waals surface area contributed by atoms with Crippen molar-refractivity contribution in [1.82, 2.24) is 10.1 Å².